The minimum Gasteiger partial charge on any atom is -0.337 e. The molecular formula is C15H16FNO2. The Balaban J connectivity index is 1.76. The van der Waals surface area contributed by atoms with E-state index >= 15 is 0 Å². The van der Waals surface area contributed by atoms with Crippen molar-refractivity contribution < 1.29 is 14.0 Å². The first-order valence-electron chi connectivity index (χ1n) is 6.69. The standard InChI is InChI=1S/C15H16FNO2/c16-12-5-3-11(4-6-12)10-17-9-8-15(14(17)19)7-1-2-13(15)18/h3-6H,1-2,7-10H2/t15-/m0/s1. The van der Waals surface area contributed by atoms with Gasteiger partial charge in [0.05, 0.1) is 0 Å². The first-order chi connectivity index (χ1) is 9.12. The zero-order chi connectivity index (χ0) is 13.5. The van der Waals surface area contributed by atoms with E-state index in [0.717, 1.165) is 12.0 Å². The molecule has 0 bridgehead atoms. The van der Waals surface area contributed by atoms with Gasteiger partial charge in [-0.2, -0.15) is 0 Å². The minimum atomic E-state index is -0.722. The van der Waals surface area contributed by atoms with E-state index < -0.39 is 5.41 Å². The third kappa shape index (κ3) is 1.95. The Morgan fingerprint density at radius 2 is 1.89 bits per heavy atom. The second-order valence-electron chi connectivity index (χ2n) is 5.46. The van der Waals surface area contributed by atoms with Gasteiger partial charge in [0.25, 0.3) is 0 Å². The number of Topliss-reactive ketones (excluding diaryl/α,β-unsaturated/α-hetero) is 1. The molecule has 1 heterocycles. The van der Waals surface area contributed by atoms with E-state index in [1.807, 2.05) is 0 Å². The van der Waals surface area contributed by atoms with Crippen molar-refractivity contribution in [3.05, 3.63) is 35.6 Å². The lowest BCUT2D eigenvalue weighted by Crippen LogP contribution is -2.37. The van der Waals surface area contributed by atoms with Crippen LogP contribution < -0.4 is 0 Å². The van der Waals surface area contributed by atoms with Crippen LogP contribution in [0.4, 0.5) is 4.39 Å². The van der Waals surface area contributed by atoms with Gasteiger partial charge in [-0.3, -0.25) is 9.59 Å². The van der Waals surface area contributed by atoms with Crippen molar-refractivity contribution in [3.8, 4) is 0 Å². The van der Waals surface area contributed by atoms with Crippen molar-refractivity contribution >= 4 is 11.7 Å². The third-order valence-corrected chi connectivity index (χ3v) is 4.33. The van der Waals surface area contributed by atoms with E-state index in [-0.39, 0.29) is 17.5 Å². The number of amides is 1. The molecule has 0 radical (unpaired) electrons. The Morgan fingerprint density at radius 1 is 1.16 bits per heavy atom. The Labute approximate surface area is 111 Å². The van der Waals surface area contributed by atoms with Gasteiger partial charge in [0.15, 0.2) is 0 Å². The highest BCUT2D eigenvalue weighted by molar-refractivity contribution is 6.08. The fourth-order valence-corrected chi connectivity index (χ4v) is 3.22. The lowest BCUT2D eigenvalue weighted by Gasteiger charge is -2.21. The van der Waals surface area contributed by atoms with Crippen LogP contribution in [-0.4, -0.2) is 23.1 Å². The molecule has 3 rings (SSSR count). The van der Waals surface area contributed by atoms with Crippen LogP contribution in [0, 0.1) is 11.2 Å². The average molecular weight is 261 g/mol. The van der Waals surface area contributed by atoms with Crippen LogP contribution in [0.15, 0.2) is 24.3 Å². The van der Waals surface area contributed by atoms with Crippen molar-refractivity contribution in [1.29, 1.82) is 0 Å². The number of benzene rings is 1. The molecule has 0 aromatic heterocycles. The fourth-order valence-electron chi connectivity index (χ4n) is 3.22. The van der Waals surface area contributed by atoms with E-state index in [4.69, 9.17) is 0 Å². The molecular weight excluding hydrogens is 245 g/mol. The van der Waals surface area contributed by atoms with Gasteiger partial charge in [0.2, 0.25) is 5.91 Å². The number of likely N-dealkylation sites (tertiary alicyclic amines) is 1. The van der Waals surface area contributed by atoms with Crippen molar-refractivity contribution in [2.24, 2.45) is 5.41 Å². The van der Waals surface area contributed by atoms with Crippen LogP contribution in [0.3, 0.4) is 0 Å². The van der Waals surface area contributed by atoms with Crippen LogP contribution in [-0.2, 0) is 16.1 Å². The molecule has 2 aliphatic rings. The molecule has 0 unspecified atom stereocenters. The summed E-state index contributed by atoms with van der Waals surface area (Å²) in [5, 5.41) is 0. The number of hydrogen-bond donors (Lipinski definition) is 0. The Bertz CT molecular complexity index is 525. The highest BCUT2D eigenvalue weighted by atomic mass is 19.1. The topological polar surface area (TPSA) is 37.4 Å². The van der Waals surface area contributed by atoms with Gasteiger partial charge in [-0.05, 0) is 37.0 Å². The zero-order valence-electron chi connectivity index (χ0n) is 10.7. The molecule has 1 atom stereocenters. The van der Waals surface area contributed by atoms with Gasteiger partial charge >= 0.3 is 0 Å². The van der Waals surface area contributed by atoms with Crippen LogP contribution >= 0.6 is 0 Å². The molecule has 2 fully saturated rings. The van der Waals surface area contributed by atoms with E-state index in [2.05, 4.69) is 0 Å². The monoisotopic (exact) mass is 261 g/mol. The van der Waals surface area contributed by atoms with Crippen molar-refractivity contribution in [2.45, 2.75) is 32.2 Å². The maximum absolute atomic E-state index is 12.8. The van der Waals surface area contributed by atoms with Gasteiger partial charge in [0, 0.05) is 19.5 Å². The lowest BCUT2D eigenvalue weighted by molar-refractivity contribution is -0.142. The van der Waals surface area contributed by atoms with E-state index in [0.29, 0.717) is 32.4 Å². The Kier molecular flexibility index (Phi) is 2.88. The molecule has 0 N–H and O–H groups in total. The molecule has 1 saturated heterocycles. The molecule has 100 valence electrons. The molecule has 3 nitrogen and oxygen atoms in total. The fraction of sp³-hybridized carbons (Fsp3) is 0.467. The quantitative estimate of drug-likeness (QED) is 0.766. The highest BCUT2D eigenvalue weighted by Gasteiger charge is 2.53. The largest absolute Gasteiger partial charge is 0.337 e. The summed E-state index contributed by atoms with van der Waals surface area (Å²) in [5.41, 5.74) is 0.178. The van der Waals surface area contributed by atoms with E-state index in [1.165, 1.54) is 12.1 Å². The van der Waals surface area contributed by atoms with Crippen LogP contribution in [0.5, 0.6) is 0 Å². The summed E-state index contributed by atoms with van der Waals surface area (Å²) in [5.74, 6) is -0.197. The summed E-state index contributed by atoms with van der Waals surface area (Å²) in [6.07, 6.45) is 2.71. The first kappa shape index (κ1) is 12.3. The van der Waals surface area contributed by atoms with Gasteiger partial charge in [0.1, 0.15) is 17.0 Å². The number of rotatable bonds is 2. The second kappa shape index (κ2) is 4.44. The normalized spacial score (nSPS) is 26.7. The molecule has 1 aliphatic carbocycles. The first-order valence-corrected chi connectivity index (χ1v) is 6.69. The maximum atomic E-state index is 12.8. The van der Waals surface area contributed by atoms with E-state index in [9.17, 15) is 14.0 Å². The summed E-state index contributed by atoms with van der Waals surface area (Å²) in [6, 6.07) is 6.16. The van der Waals surface area contributed by atoms with E-state index in [1.54, 1.807) is 17.0 Å². The summed E-state index contributed by atoms with van der Waals surface area (Å²) in [7, 11) is 0. The van der Waals surface area contributed by atoms with Crippen molar-refractivity contribution in [1.82, 2.24) is 4.90 Å². The van der Waals surface area contributed by atoms with Gasteiger partial charge < -0.3 is 4.90 Å². The molecule has 1 aromatic carbocycles. The maximum Gasteiger partial charge on any atom is 0.236 e. The van der Waals surface area contributed by atoms with Gasteiger partial charge in [-0.15, -0.1) is 0 Å². The smallest absolute Gasteiger partial charge is 0.236 e. The summed E-state index contributed by atoms with van der Waals surface area (Å²) >= 11 is 0. The van der Waals surface area contributed by atoms with Crippen LogP contribution in [0.2, 0.25) is 0 Å². The SMILES string of the molecule is O=C1CCC[C@]12CCN(Cc1ccc(F)cc1)C2=O. The predicted octanol–water partition coefficient (Wildman–Crippen LogP) is 2.30. The Hall–Kier alpha value is -1.71. The Morgan fingerprint density at radius 3 is 2.53 bits per heavy atom. The predicted molar refractivity (Wildman–Crippen MR) is 67.7 cm³/mol. The minimum absolute atomic E-state index is 0.0284. The average Bonchev–Trinajstić information content (AvgIpc) is 2.92. The van der Waals surface area contributed by atoms with Gasteiger partial charge in [-0.25, -0.2) is 4.39 Å². The molecule has 1 amide bonds. The van der Waals surface area contributed by atoms with Crippen molar-refractivity contribution in [2.75, 3.05) is 6.54 Å². The third-order valence-electron chi connectivity index (χ3n) is 4.33. The van der Waals surface area contributed by atoms with Gasteiger partial charge in [-0.1, -0.05) is 12.1 Å². The molecule has 1 aromatic rings. The molecule has 4 heteroatoms. The zero-order valence-corrected chi connectivity index (χ0v) is 10.7. The number of hydrogen-bond acceptors (Lipinski definition) is 2. The summed E-state index contributed by atoms with van der Waals surface area (Å²) in [6.45, 7) is 1.09. The lowest BCUT2D eigenvalue weighted by atomic mass is 9.84. The van der Waals surface area contributed by atoms with Crippen molar-refractivity contribution in [3.63, 3.8) is 0 Å². The number of nitrogens with zero attached hydrogens (tertiary/aromatic N) is 1. The molecule has 1 aliphatic heterocycles. The number of carbonyl (C=O) groups is 2. The summed E-state index contributed by atoms with van der Waals surface area (Å²) < 4.78 is 12.8. The summed E-state index contributed by atoms with van der Waals surface area (Å²) in [4.78, 5) is 26.1. The molecule has 19 heavy (non-hydrogen) atoms. The van der Waals surface area contributed by atoms with Crippen LogP contribution in [0.1, 0.15) is 31.2 Å². The number of ketones is 1. The second-order valence-corrected chi connectivity index (χ2v) is 5.46. The number of halogens is 1. The molecule has 1 saturated carbocycles. The number of carbonyl (C=O) groups excluding carboxylic acids is 2. The van der Waals surface area contributed by atoms with Crippen LogP contribution in [0.25, 0.3) is 0 Å². The molecule has 1 spiro atoms. The highest BCUT2D eigenvalue weighted by Crippen LogP contribution is 2.44.